The molecule has 0 N–H and O–H groups in total. The summed E-state index contributed by atoms with van der Waals surface area (Å²) in [5.41, 5.74) is 10.7. The summed E-state index contributed by atoms with van der Waals surface area (Å²) >= 11 is 0. The molecule has 1 atom stereocenters. The van der Waals surface area contributed by atoms with Gasteiger partial charge in [-0.2, -0.15) is 0 Å². The summed E-state index contributed by atoms with van der Waals surface area (Å²) in [6.07, 6.45) is 2.18. The van der Waals surface area contributed by atoms with E-state index in [0.29, 0.717) is 16.4 Å². The molecule has 0 aliphatic heterocycles. The molecule has 1 saturated carbocycles. The lowest BCUT2D eigenvalue weighted by Crippen LogP contribution is -2.08. The molecular formula is C19H19N3O3S. The van der Waals surface area contributed by atoms with E-state index in [0.717, 1.165) is 24.0 Å². The first kappa shape index (κ1) is 18.2. The third-order valence-electron chi connectivity index (χ3n) is 4.70. The molecule has 0 bridgehead atoms. The van der Waals surface area contributed by atoms with E-state index in [-0.39, 0.29) is 11.7 Å². The molecule has 2 aromatic rings. The maximum Gasteiger partial charge on any atom is 0.249 e. The Morgan fingerprint density at radius 1 is 1.19 bits per heavy atom. The molecular weight excluding hydrogens is 350 g/mol. The van der Waals surface area contributed by atoms with Crippen LogP contribution < -0.4 is 0 Å². The summed E-state index contributed by atoms with van der Waals surface area (Å²) in [6, 6.07) is 14.1. The molecule has 0 radical (unpaired) electrons. The Labute approximate surface area is 152 Å². The first-order valence-corrected chi connectivity index (χ1v) is 10.1. The Morgan fingerprint density at radius 3 is 2.46 bits per heavy atom. The van der Waals surface area contributed by atoms with Crippen molar-refractivity contribution in [2.24, 2.45) is 11.0 Å². The molecule has 2 aromatic carbocycles. The van der Waals surface area contributed by atoms with Gasteiger partial charge in [-0.3, -0.25) is 4.79 Å². The average molecular weight is 369 g/mol. The fourth-order valence-electron chi connectivity index (χ4n) is 3.17. The number of nitrogens with zero attached hydrogens (tertiary/aromatic N) is 3. The van der Waals surface area contributed by atoms with E-state index >= 15 is 0 Å². The molecule has 3 rings (SSSR count). The van der Waals surface area contributed by atoms with Crippen molar-refractivity contribution in [1.29, 1.82) is 0 Å². The van der Waals surface area contributed by atoms with Crippen molar-refractivity contribution in [3.8, 4) is 0 Å². The van der Waals surface area contributed by atoms with Crippen molar-refractivity contribution >= 4 is 15.7 Å². The van der Waals surface area contributed by atoms with Crippen molar-refractivity contribution < 1.29 is 13.2 Å². The number of hydrogen-bond donors (Lipinski definition) is 0. The maximum atomic E-state index is 12.2. The quantitative estimate of drug-likeness (QED) is 0.426. The van der Waals surface area contributed by atoms with Crippen molar-refractivity contribution in [2.45, 2.75) is 30.6 Å². The van der Waals surface area contributed by atoms with Gasteiger partial charge in [-0.1, -0.05) is 43.3 Å². The summed E-state index contributed by atoms with van der Waals surface area (Å²) in [4.78, 5) is 14.5. The fourth-order valence-corrected chi connectivity index (χ4v) is 4.10. The number of sulfone groups is 1. The monoisotopic (exact) mass is 369 g/mol. The van der Waals surface area contributed by atoms with Crippen LogP contribution in [0.1, 0.15) is 47.2 Å². The molecule has 1 aliphatic carbocycles. The number of carbonyl (C=O) groups is 1. The Morgan fingerprint density at radius 2 is 1.88 bits per heavy atom. The Bertz CT molecular complexity index is 973. The van der Waals surface area contributed by atoms with Gasteiger partial charge in [0.15, 0.2) is 9.84 Å². The fraction of sp³-hybridized carbons (Fsp3) is 0.316. The Balaban J connectivity index is 1.97. The zero-order chi connectivity index (χ0) is 18.7. The van der Waals surface area contributed by atoms with Crippen LogP contribution in [-0.2, 0) is 9.84 Å². The van der Waals surface area contributed by atoms with Crippen LogP contribution in [0.25, 0.3) is 10.4 Å². The zero-order valence-corrected chi connectivity index (χ0v) is 15.2. The molecule has 0 aromatic heterocycles. The predicted molar refractivity (Wildman–Crippen MR) is 98.7 cm³/mol. The molecule has 7 heteroatoms. The molecule has 6 nitrogen and oxygen atoms in total. The van der Waals surface area contributed by atoms with Crippen LogP contribution in [0.3, 0.4) is 0 Å². The molecule has 1 aliphatic rings. The van der Waals surface area contributed by atoms with E-state index in [4.69, 9.17) is 5.53 Å². The Hall–Kier alpha value is -2.63. The standard InChI is InChI=1S/C19H19N3O3S/c1-2-26(24,25)17-5-3-4-16(12-17)18(13-6-7-13)14-8-10-15(11-9-14)19(23)21-22-20/h3-5,8-13,18H,2,6-7H2,1H3/t18-/m1/s1. The summed E-state index contributed by atoms with van der Waals surface area (Å²) < 4.78 is 24.4. The third-order valence-corrected chi connectivity index (χ3v) is 6.43. The summed E-state index contributed by atoms with van der Waals surface area (Å²) in [7, 11) is -3.26. The highest BCUT2D eigenvalue weighted by molar-refractivity contribution is 7.91. The second-order valence-electron chi connectivity index (χ2n) is 6.41. The van der Waals surface area contributed by atoms with Crippen molar-refractivity contribution in [1.82, 2.24) is 0 Å². The lowest BCUT2D eigenvalue weighted by Gasteiger charge is -2.18. The molecule has 0 unspecified atom stereocenters. The lowest BCUT2D eigenvalue weighted by molar-refractivity contribution is 0.100. The summed E-state index contributed by atoms with van der Waals surface area (Å²) in [6.45, 7) is 1.64. The number of rotatable bonds is 6. The van der Waals surface area contributed by atoms with Gasteiger partial charge in [-0.05, 0) is 52.7 Å². The number of azide groups is 1. The molecule has 26 heavy (non-hydrogen) atoms. The second-order valence-corrected chi connectivity index (χ2v) is 8.69. The van der Waals surface area contributed by atoms with Gasteiger partial charge >= 0.3 is 0 Å². The van der Waals surface area contributed by atoms with E-state index < -0.39 is 15.7 Å². The van der Waals surface area contributed by atoms with Crippen LogP contribution in [0.15, 0.2) is 58.5 Å². The normalized spacial score (nSPS) is 15.1. The topological polar surface area (TPSA) is 100.0 Å². The van der Waals surface area contributed by atoms with E-state index in [1.165, 1.54) is 0 Å². The van der Waals surface area contributed by atoms with Crippen LogP contribution in [0.5, 0.6) is 0 Å². The molecule has 0 spiro atoms. The van der Waals surface area contributed by atoms with Crippen molar-refractivity contribution in [3.05, 3.63) is 75.7 Å². The van der Waals surface area contributed by atoms with Crippen molar-refractivity contribution in [2.75, 3.05) is 5.75 Å². The van der Waals surface area contributed by atoms with Gasteiger partial charge in [0.1, 0.15) is 0 Å². The SMILES string of the molecule is CCS(=O)(=O)c1cccc([C@@H](c2ccc(C(=O)N=[N+]=[N-])cc2)C2CC2)c1. The highest BCUT2D eigenvalue weighted by Crippen LogP contribution is 2.46. The third kappa shape index (κ3) is 3.79. The van der Waals surface area contributed by atoms with E-state index in [2.05, 4.69) is 10.0 Å². The molecule has 1 fully saturated rings. The molecule has 0 heterocycles. The first-order valence-electron chi connectivity index (χ1n) is 8.48. The smallest absolute Gasteiger partial charge is 0.249 e. The molecule has 1 amide bonds. The molecule has 134 valence electrons. The van der Waals surface area contributed by atoms with Gasteiger partial charge in [0.25, 0.3) is 0 Å². The van der Waals surface area contributed by atoms with Gasteiger partial charge < -0.3 is 0 Å². The minimum Gasteiger partial charge on any atom is -0.287 e. The highest BCUT2D eigenvalue weighted by Gasteiger charge is 2.34. The van der Waals surface area contributed by atoms with Gasteiger partial charge in [0.05, 0.1) is 10.6 Å². The Kier molecular flexibility index (Phi) is 5.11. The first-order chi connectivity index (χ1) is 12.5. The van der Waals surface area contributed by atoms with E-state index in [9.17, 15) is 13.2 Å². The second kappa shape index (κ2) is 7.32. The molecule has 0 saturated heterocycles. The minimum atomic E-state index is -3.26. The lowest BCUT2D eigenvalue weighted by atomic mass is 9.87. The van der Waals surface area contributed by atoms with Gasteiger partial charge in [-0.15, -0.1) is 0 Å². The number of hydrogen-bond acceptors (Lipinski definition) is 3. The van der Waals surface area contributed by atoms with Gasteiger partial charge in [0.2, 0.25) is 5.91 Å². The number of benzene rings is 2. The summed E-state index contributed by atoms with van der Waals surface area (Å²) in [5.74, 6) is 0.0118. The van der Waals surface area contributed by atoms with Gasteiger partial charge in [0, 0.05) is 16.4 Å². The maximum absolute atomic E-state index is 12.2. The number of amides is 1. The van der Waals surface area contributed by atoms with Crippen LogP contribution in [0, 0.1) is 5.92 Å². The van der Waals surface area contributed by atoms with Gasteiger partial charge in [-0.25, -0.2) is 8.42 Å². The van der Waals surface area contributed by atoms with E-state index in [1.54, 1.807) is 37.3 Å². The van der Waals surface area contributed by atoms with Crippen molar-refractivity contribution in [3.63, 3.8) is 0 Å². The minimum absolute atomic E-state index is 0.0702. The largest absolute Gasteiger partial charge is 0.287 e. The van der Waals surface area contributed by atoms with Crippen LogP contribution in [0.4, 0.5) is 0 Å². The summed E-state index contributed by atoms with van der Waals surface area (Å²) in [5, 5.41) is 3.10. The number of carbonyl (C=O) groups excluding carboxylic acids is 1. The van der Waals surface area contributed by atoms with Crippen LogP contribution in [0.2, 0.25) is 0 Å². The predicted octanol–water partition coefficient (Wildman–Crippen LogP) is 4.47. The van der Waals surface area contributed by atoms with E-state index in [1.807, 2.05) is 18.2 Å². The average Bonchev–Trinajstić information content (AvgIpc) is 3.48. The highest BCUT2D eigenvalue weighted by atomic mass is 32.2. The zero-order valence-electron chi connectivity index (χ0n) is 14.4. The van der Waals surface area contributed by atoms with Crippen LogP contribution >= 0.6 is 0 Å². The van der Waals surface area contributed by atoms with Crippen LogP contribution in [-0.4, -0.2) is 20.1 Å².